The number of alkyl halides is 3. The average molecular weight is 437 g/mol. The molecule has 0 unspecified atom stereocenters. The van der Waals surface area contributed by atoms with Crippen molar-refractivity contribution in [2.24, 2.45) is 11.8 Å². The molecule has 1 amide bonds. The summed E-state index contributed by atoms with van der Waals surface area (Å²) in [5.41, 5.74) is 0.0667. The van der Waals surface area contributed by atoms with E-state index in [-0.39, 0.29) is 36.3 Å². The van der Waals surface area contributed by atoms with Crippen LogP contribution in [0.25, 0.3) is 0 Å². The highest BCUT2D eigenvalue weighted by molar-refractivity contribution is 5.88. The van der Waals surface area contributed by atoms with E-state index in [9.17, 15) is 22.8 Å². The number of rotatable bonds is 4. The van der Waals surface area contributed by atoms with Crippen LogP contribution in [0, 0.1) is 18.8 Å². The predicted molar refractivity (Wildman–Crippen MR) is 103 cm³/mol. The maximum absolute atomic E-state index is 12.8. The van der Waals surface area contributed by atoms with Gasteiger partial charge in [-0.05, 0) is 49.3 Å². The number of benzene rings is 1. The first-order valence-corrected chi connectivity index (χ1v) is 9.98. The Labute approximate surface area is 176 Å². The van der Waals surface area contributed by atoms with Crippen LogP contribution in [0.5, 0.6) is 0 Å². The third-order valence-corrected chi connectivity index (χ3v) is 6.01. The molecule has 1 saturated heterocycles. The van der Waals surface area contributed by atoms with Crippen molar-refractivity contribution in [3.8, 4) is 0 Å². The van der Waals surface area contributed by atoms with E-state index in [1.807, 2.05) is 0 Å². The molecule has 2 aliphatic rings. The number of fused-ring (bicyclic) bond motifs is 1. The zero-order valence-electron chi connectivity index (χ0n) is 16.8. The van der Waals surface area contributed by atoms with Crippen LogP contribution in [0.15, 0.2) is 30.5 Å². The molecule has 0 radical (unpaired) electrons. The molecule has 2 aromatic rings. The van der Waals surface area contributed by atoms with E-state index in [1.165, 1.54) is 12.3 Å². The lowest BCUT2D eigenvalue weighted by Gasteiger charge is -2.19. The number of nitrogens with zero attached hydrogens (tertiary/aromatic N) is 3. The maximum atomic E-state index is 12.8. The number of likely N-dealkylation sites (tertiary alicyclic amines) is 1. The number of halogens is 3. The fourth-order valence-electron chi connectivity index (χ4n) is 4.50. The van der Waals surface area contributed by atoms with Gasteiger partial charge in [-0.1, -0.05) is 12.1 Å². The summed E-state index contributed by atoms with van der Waals surface area (Å²) in [6.07, 6.45) is -1.57. The van der Waals surface area contributed by atoms with Crippen LogP contribution in [0.1, 0.15) is 40.0 Å². The molecule has 0 bridgehead atoms. The van der Waals surface area contributed by atoms with E-state index in [0.717, 1.165) is 29.7 Å². The molecule has 31 heavy (non-hydrogen) atoms. The number of amides is 1. The molecule has 1 N–H and O–H groups in total. The minimum absolute atomic E-state index is 0.0626. The van der Waals surface area contributed by atoms with Gasteiger partial charge in [-0.15, -0.1) is 0 Å². The zero-order chi connectivity index (χ0) is 22.3. The smallest absolute Gasteiger partial charge is 0.416 e. The van der Waals surface area contributed by atoms with Crippen LogP contribution < -0.4 is 0 Å². The van der Waals surface area contributed by atoms with Crippen LogP contribution in [0.2, 0.25) is 0 Å². The summed E-state index contributed by atoms with van der Waals surface area (Å²) in [6.45, 7) is 2.74. The molecule has 10 heteroatoms. The van der Waals surface area contributed by atoms with Crippen molar-refractivity contribution < 1.29 is 32.6 Å². The summed E-state index contributed by atoms with van der Waals surface area (Å²) in [5.74, 6) is -0.694. The molecule has 166 valence electrons. The van der Waals surface area contributed by atoms with Crippen molar-refractivity contribution in [1.29, 1.82) is 0 Å². The molecule has 2 heterocycles. The molecule has 3 atom stereocenters. The number of carbonyl (C=O) groups excluding carboxylic acids is 1. The summed E-state index contributed by atoms with van der Waals surface area (Å²) in [4.78, 5) is 25.5. The van der Waals surface area contributed by atoms with Crippen LogP contribution in [0.4, 0.5) is 18.0 Å². The molecular formula is C21H22F3N3O4. The summed E-state index contributed by atoms with van der Waals surface area (Å²) in [6, 6.07) is 4.78. The van der Waals surface area contributed by atoms with Gasteiger partial charge in [-0.25, -0.2) is 9.59 Å². The van der Waals surface area contributed by atoms with Crippen molar-refractivity contribution in [2.75, 3.05) is 13.1 Å². The molecule has 7 nitrogen and oxygen atoms in total. The quantitative estimate of drug-likeness (QED) is 0.787. The Morgan fingerprint density at radius 2 is 1.90 bits per heavy atom. The second-order valence-electron chi connectivity index (χ2n) is 8.22. The highest BCUT2D eigenvalue weighted by Gasteiger charge is 2.43. The fourth-order valence-corrected chi connectivity index (χ4v) is 4.50. The Morgan fingerprint density at radius 3 is 2.48 bits per heavy atom. The largest absolute Gasteiger partial charge is 0.476 e. The van der Waals surface area contributed by atoms with E-state index in [4.69, 9.17) is 9.84 Å². The van der Waals surface area contributed by atoms with Crippen molar-refractivity contribution >= 4 is 12.0 Å². The molecule has 1 aliphatic heterocycles. The van der Waals surface area contributed by atoms with Gasteiger partial charge in [-0.3, -0.25) is 0 Å². The third kappa shape index (κ3) is 4.43. The number of hydrogen-bond acceptors (Lipinski definition) is 4. The third-order valence-electron chi connectivity index (χ3n) is 6.01. The van der Waals surface area contributed by atoms with Gasteiger partial charge in [0, 0.05) is 24.8 Å². The Bertz CT molecular complexity index is 990. The summed E-state index contributed by atoms with van der Waals surface area (Å²) < 4.78 is 45.5. The number of aromatic nitrogens is 2. The van der Waals surface area contributed by atoms with E-state index >= 15 is 0 Å². The summed E-state index contributed by atoms with van der Waals surface area (Å²) >= 11 is 0. The van der Waals surface area contributed by atoms with Gasteiger partial charge < -0.3 is 14.7 Å². The molecular weight excluding hydrogens is 415 g/mol. The van der Waals surface area contributed by atoms with Crippen LogP contribution in [0.3, 0.4) is 0 Å². The normalized spacial score (nSPS) is 23.2. The Balaban J connectivity index is 1.31. The van der Waals surface area contributed by atoms with E-state index in [2.05, 4.69) is 5.10 Å². The molecule has 2 fully saturated rings. The first-order valence-electron chi connectivity index (χ1n) is 9.98. The van der Waals surface area contributed by atoms with Crippen molar-refractivity contribution in [3.05, 3.63) is 52.8 Å². The lowest BCUT2D eigenvalue weighted by molar-refractivity contribution is -0.137. The van der Waals surface area contributed by atoms with E-state index in [1.54, 1.807) is 17.9 Å². The molecule has 1 saturated carbocycles. The monoisotopic (exact) mass is 437 g/mol. The summed E-state index contributed by atoms with van der Waals surface area (Å²) in [7, 11) is 0. The number of hydrogen-bond donors (Lipinski definition) is 1. The first-order chi connectivity index (χ1) is 14.6. The van der Waals surface area contributed by atoms with Gasteiger partial charge in [0.25, 0.3) is 0 Å². The molecule has 1 aliphatic carbocycles. The number of ether oxygens (including phenoxy) is 1. The standard InChI is InChI=1S/C21H22F3N3O4/c1-12-8-27(25-18(12)19(28)29)20(30)26-9-14-6-17(7-15(14)10-26)31-11-13-3-2-4-16(5-13)21(22,23)24/h2-5,8,14-15,17H,6-7,9-11H2,1H3,(H,28,29)/t14-,15+,17+. The Hall–Kier alpha value is -2.88. The fraction of sp³-hybridized carbons (Fsp3) is 0.476. The van der Waals surface area contributed by atoms with Gasteiger partial charge in [0.05, 0.1) is 18.3 Å². The van der Waals surface area contributed by atoms with Gasteiger partial charge in [0.2, 0.25) is 0 Å². The van der Waals surface area contributed by atoms with Crippen LogP contribution in [-0.2, 0) is 17.5 Å². The average Bonchev–Trinajstić information content (AvgIpc) is 3.38. The zero-order valence-corrected chi connectivity index (χ0v) is 16.8. The lowest BCUT2D eigenvalue weighted by atomic mass is 10.0. The van der Waals surface area contributed by atoms with Crippen molar-refractivity contribution in [3.63, 3.8) is 0 Å². The Morgan fingerprint density at radius 1 is 1.23 bits per heavy atom. The maximum Gasteiger partial charge on any atom is 0.416 e. The predicted octanol–water partition coefficient (Wildman–Crippen LogP) is 3.80. The molecule has 0 spiro atoms. The van der Waals surface area contributed by atoms with E-state index in [0.29, 0.717) is 24.2 Å². The number of aromatic carboxylic acids is 1. The topological polar surface area (TPSA) is 84.7 Å². The minimum atomic E-state index is -4.38. The van der Waals surface area contributed by atoms with Gasteiger partial charge in [0.1, 0.15) is 0 Å². The number of carboxylic acids is 1. The summed E-state index contributed by atoms with van der Waals surface area (Å²) in [5, 5.41) is 13.0. The number of carbonyl (C=O) groups is 2. The SMILES string of the molecule is Cc1cn(C(=O)N2C[C@H]3C[C@H](OCc4cccc(C(F)(F)F)c4)C[C@H]3C2)nc1C(=O)O. The van der Waals surface area contributed by atoms with Gasteiger partial charge >= 0.3 is 18.2 Å². The number of aryl methyl sites for hydroxylation is 1. The molecule has 4 rings (SSSR count). The second kappa shape index (κ2) is 7.99. The second-order valence-corrected chi connectivity index (χ2v) is 8.22. The highest BCUT2D eigenvalue weighted by Crippen LogP contribution is 2.40. The lowest BCUT2D eigenvalue weighted by Crippen LogP contribution is -2.34. The van der Waals surface area contributed by atoms with E-state index < -0.39 is 17.7 Å². The van der Waals surface area contributed by atoms with Crippen LogP contribution in [-0.4, -0.2) is 51.0 Å². The first kappa shape index (κ1) is 21.4. The molecule has 1 aromatic carbocycles. The van der Waals surface area contributed by atoms with Gasteiger partial charge in [-0.2, -0.15) is 23.0 Å². The van der Waals surface area contributed by atoms with Crippen molar-refractivity contribution in [1.82, 2.24) is 14.7 Å². The minimum Gasteiger partial charge on any atom is -0.476 e. The number of carboxylic acid groups (broad SMARTS) is 1. The Kier molecular flexibility index (Phi) is 5.50. The van der Waals surface area contributed by atoms with Gasteiger partial charge in [0.15, 0.2) is 5.69 Å². The molecule has 1 aromatic heterocycles. The van der Waals surface area contributed by atoms with Crippen LogP contribution >= 0.6 is 0 Å². The van der Waals surface area contributed by atoms with Crippen molar-refractivity contribution in [2.45, 2.75) is 38.7 Å². The highest BCUT2D eigenvalue weighted by atomic mass is 19.4.